The molecule has 0 radical (unpaired) electrons. The maximum atomic E-state index is 2.51. The first-order valence-corrected chi connectivity index (χ1v) is 21.5. The number of hydrogen-bond donors (Lipinski definition) is 0. The van der Waals surface area contributed by atoms with Gasteiger partial charge in [0, 0.05) is 62.0 Å². The van der Waals surface area contributed by atoms with Crippen molar-refractivity contribution in [2.45, 2.75) is 20.3 Å². The van der Waals surface area contributed by atoms with Crippen molar-refractivity contribution in [3.8, 4) is 5.69 Å². The Kier molecular flexibility index (Phi) is 8.17. The minimum atomic E-state index is 0.0441. The summed E-state index contributed by atoms with van der Waals surface area (Å²) in [4.78, 5) is 7.48. The molecule has 4 nitrogen and oxygen atoms in total. The van der Waals surface area contributed by atoms with Crippen molar-refractivity contribution >= 4 is 90.4 Å². The van der Waals surface area contributed by atoms with E-state index in [0.717, 1.165) is 34.9 Å². The quantitative estimate of drug-likeness (QED) is 0.156. The van der Waals surface area contributed by atoms with Crippen LogP contribution in [0.2, 0.25) is 0 Å². The van der Waals surface area contributed by atoms with E-state index in [1.807, 2.05) is 0 Å². The summed E-state index contributed by atoms with van der Waals surface area (Å²) >= 11 is 0. The molecule has 0 saturated carbocycles. The van der Waals surface area contributed by atoms with Crippen LogP contribution >= 0.6 is 0 Å². The zero-order valence-corrected chi connectivity index (χ0v) is 34.3. The van der Waals surface area contributed by atoms with Gasteiger partial charge in [-0.05, 0) is 121 Å². The predicted molar refractivity (Wildman–Crippen MR) is 259 cm³/mol. The van der Waals surface area contributed by atoms with E-state index in [2.05, 4.69) is 239 Å². The Morgan fingerprint density at radius 1 is 0.541 bits per heavy atom. The number of nitrogens with zero attached hydrogens (tertiary/aromatic N) is 4. The molecule has 0 spiro atoms. The lowest BCUT2D eigenvalue weighted by molar-refractivity contribution is 0.728. The Balaban J connectivity index is 1.13. The van der Waals surface area contributed by atoms with Crippen LogP contribution in [-0.4, -0.2) is 11.3 Å². The molecule has 8 aromatic carbocycles. The number of rotatable bonds is 6. The Morgan fingerprint density at radius 3 is 2.00 bits per heavy atom. The second kappa shape index (κ2) is 14.1. The SMILES string of the molecule is Cc1ccc2c(c1)B1c3ccc(N(c4ccccc4)c4cccc5c6ccccc6n(-c6ccccc6)c45)cc3N(c3ccccc3)c3cccc(c31)N2C1=CCC(C)C=C1. The number of hydrogen-bond acceptors (Lipinski definition) is 3. The van der Waals surface area contributed by atoms with Crippen LogP contribution < -0.4 is 31.1 Å². The maximum Gasteiger partial charge on any atom is 0.252 e. The average Bonchev–Trinajstić information content (AvgIpc) is 3.65. The minimum absolute atomic E-state index is 0.0441. The highest BCUT2D eigenvalue weighted by molar-refractivity contribution is 7.00. The Bertz CT molecular complexity index is 3220. The molecule has 1 aromatic heterocycles. The molecule has 0 saturated heterocycles. The van der Waals surface area contributed by atoms with Crippen LogP contribution in [0.1, 0.15) is 18.9 Å². The van der Waals surface area contributed by atoms with Crippen molar-refractivity contribution in [2.24, 2.45) is 5.92 Å². The second-order valence-corrected chi connectivity index (χ2v) is 16.7. The van der Waals surface area contributed by atoms with Crippen molar-refractivity contribution < 1.29 is 0 Å². The van der Waals surface area contributed by atoms with E-state index in [-0.39, 0.29) is 6.71 Å². The number of aromatic nitrogens is 1. The highest BCUT2D eigenvalue weighted by Crippen LogP contribution is 2.47. The van der Waals surface area contributed by atoms with Gasteiger partial charge in [-0.25, -0.2) is 0 Å². The van der Waals surface area contributed by atoms with Gasteiger partial charge < -0.3 is 19.3 Å². The van der Waals surface area contributed by atoms with Crippen LogP contribution in [0.15, 0.2) is 212 Å². The molecular formula is C56H43BN4. The molecule has 1 atom stereocenters. The first-order valence-electron chi connectivity index (χ1n) is 21.5. The summed E-state index contributed by atoms with van der Waals surface area (Å²) in [5.41, 5.74) is 19.3. The van der Waals surface area contributed by atoms with E-state index in [9.17, 15) is 0 Å². The Hall–Kier alpha value is -7.50. The zero-order chi connectivity index (χ0) is 40.6. The van der Waals surface area contributed by atoms with Gasteiger partial charge in [0.25, 0.3) is 6.71 Å². The lowest BCUT2D eigenvalue weighted by Gasteiger charge is -2.45. The molecule has 290 valence electrons. The van der Waals surface area contributed by atoms with Gasteiger partial charge >= 0.3 is 0 Å². The lowest BCUT2D eigenvalue weighted by atomic mass is 9.33. The van der Waals surface area contributed by atoms with Crippen LogP contribution in [0.25, 0.3) is 27.5 Å². The van der Waals surface area contributed by atoms with Crippen molar-refractivity contribution in [1.82, 2.24) is 4.57 Å². The van der Waals surface area contributed by atoms with Gasteiger partial charge in [0.1, 0.15) is 0 Å². The van der Waals surface area contributed by atoms with Gasteiger partial charge in [-0.15, -0.1) is 0 Å². The second-order valence-electron chi connectivity index (χ2n) is 16.7. The fraction of sp³-hybridized carbons (Fsp3) is 0.0714. The van der Waals surface area contributed by atoms with Gasteiger partial charge in [-0.2, -0.15) is 0 Å². The first-order chi connectivity index (χ1) is 30.1. The molecule has 3 aliphatic rings. The average molecular weight is 783 g/mol. The third-order valence-electron chi connectivity index (χ3n) is 12.9. The molecule has 61 heavy (non-hydrogen) atoms. The Labute approximate surface area is 357 Å². The van der Waals surface area contributed by atoms with E-state index in [4.69, 9.17) is 0 Å². The molecule has 3 heterocycles. The van der Waals surface area contributed by atoms with Crippen LogP contribution in [0.4, 0.5) is 45.5 Å². The molecule has 1 unspecified atom stereocenters. The van der Waals surface area contributed by atoms with Crippen molar-refractivity contribution in [3.05, 3.63) is 218 Å². The van der Waals surface area contributed by atoms with Crippen LogP contribution in [-0.2, 0) is 0 Å². The fourth-order valence-electron chi connectivity index (χ4n) is 10.2. The molecule has 2 aliphatic heterocycles. The molecule has 0 amide bonds. The van der Waals surface area contributed by atoms with Crippen molar-refractivity contribution in [3.63, 3.8) is 0 Å². The van der Waals surface area contributed by atoms with Gasteiger partial charge in [0.2, 0.25) is 0 Å². The molecule has 0 bridgehead atoms. The smallest absolute Gasteiger partial charge is 0.252 e. The fourth-order valence-corrected chi connectivity index (χ4v) is 10.2. The largest absolute Gasteiger partial charge is 0.312 e. The normalized spacial score (nSPS) is 15.1. The minimum Gasteiger partial charge on any atom is -0.312 e. The molecule has 0 fully saturated rings. The molecule has 12 rings (SSSR count). The standard InChI is InChI=1S/C56H43BN4/c1-38-28-31-43(32-29-38)59-50-35-30-39(2)36-48(50)57-47-34-33-44(37-54(47)60(41-18-8-4-9-19-41)52-26-15-25-51(59)55(52)57)58(40-16-6-3-7-17-40)53-27-14-23-46-45-22-12-13-24-49(45)61(56(46)53)42-20-10-5-11-21-42/h3-28,30-38H,29H2,1-2H3. The predicted octanol–water partition coefficient (Wildman–Crippen LogP) is 12.8. The maximum absolute atomic E-state index is 2.51. The van der Waals surface area contributed by atoms with E-state index >= 15 is 0 Å². The first kappa shape index (κ1) is 35.4. The van der Waals surface area contributed by atoms with Crippen LogP contribution in [0.5, 0.6) is 0 Å². The highest BCUT2D eigenvalue weighted by Gasteiger charge is 2.43. The molecule has 1 aliphatic carbocycles. The summed E-state index contributed by atoms with van der Waals surface area (Å²) in [5, 5.41) is 2.46. The third-order valence-corrected chi connectivity index (χ3v) is 12.9. The summed E-state index contributed by atoms with van der Waals surface area (Å²) in [7, 11) is 0. The molecular weight excluding hydrogens is 739 g/mol. The van der Waals surface area contributed by atoms with Gasteiger partial charge in [0.15, 0.2) is 0 Å². The monoisotopic (exact) mass is 782 g/mol. The molecule has 9 aromatic rings. The number of fused-ring (bicyclic) bond motifs is 7. The number of para-hydroxylation sites is 5. The topological polar surface area (TPSA) is 14.7 Å². The van der Waals surface area contributed by atoms with Gasteiger partial charge in [0.05, 0.1) is 16.7 Å². The van der Waals surface area contributed by atoms with E-state index in [1.54, 1.807) is 0 Å². The lowest BCUT2D eigenvalue weighted by Crippen LogP contribution is -2.61. The van der Waals surface area contributed by atoms with Crippen molar-refractivity contribution in [2.75, 3.05) is 14.7 Å². The van der Waals surface area contributed by atoms with E-state index < -0.39 is 0 Å². The third kappa shape index (κ3) is 5.54. The molecule has 5 heteroatoms. The summed E-state index contributed by atoms with van der Waals surface area (Å²) < 4.78 is 2.44. The van der Waals surface area contributed by atoms with E-state index in [0.29, 0.717) is 5.92 Å². The summed E-state index contributed by atoms with van der Waals surface area (Å²) in [5.74, 6) is 0.530. The van der Waals surface area contributed by atoms with Crippen LogP contribution in [0, 0.1) is 12.8 Å². The summed E-state index contributed by atoms with van der Waals surface area (Å²) in [6.07, 6.45) is 8.13. The highest BCUT2D eigenvalue weighted by atomic mass is 15.2. The van der Waals surface area contributed by atoms with Gasteiger partial charge in [-0.1, -0.05) is 134 Å². The summed E-state index contributed by atoms with van der Waals surface area (Å²) in [6.45, 7) is 4.56. The molecule has 0 N–H and O–H groups in total. The van der Waals surface area contributed by atoms with E-state index in [1.165, 1.54) is 72.2 Å². The van der Waals surface area contributed by atoms with Crippen LogP contribution in [0.3, 0.4) is 0 Å². The number of aryl methyl sites for hydroxylation is 1. The van der Waals surface area contributed by atoms with Gasteiger partial charge in [-0.3, -0.25) is 0 Å². The number of benzene rings is 8. The number of anilines is 8. The number of allylic oxidation sites excluding steroid dienone is 3. The zero-order valence-electron chi connectivity index (χ0n) is 34.3. The van der Waals surface area contributed by atoms with Crippen molar-refractivity contribution in [1.29, 1.82) is 0 Å². The summed E-state index contributed by atoms with van der Waals surface area (Å²) in [6, 6.07) is 69.3. The Morgan fingerprint density at radius 2 is 1.23 bits per heavy atom.